The summed E-state index contributed by atoms with van der Waals surface area (Å²) in [6.45, 7) is -0.716. The third-order valence-electron chi connectivity index (χ3n) is 5.91. The Morgan fingerprint density at radius 3 is 2.19 bits per heavy atom. The van der Waals surface area contributed by atoms with Crippen molar-refractivity contribution in [1.29, 1.82) is 0 Å². The van der Waals surface area contributed by atoms with Crippen molar-refractivity contribution >= 4 is 11.0 Å². The highest BCUT2D eigenvalue weighted by atomic mass is 16.7. The molecule has 14 nitrogen and oxygen atoms in total. The molecule has 3 aromatic rings. The Morgan fingerprint density at radius 1 is 0.892 bits per heavy atom. The maximum atomic E-state index is 13.2. The number of rotatable bonds is 6. The summed E-state index contributed by atoms with van der Waals surface area (Å²) in [5, 5.41) is 80.0. The molecule has 1 saturated heterocycles. The minimum atomic E-state index is -1.80. The number of hydrogen-bond donors (Lipinski definition) is 8. The molecule has 0 aliphatic carbocycles. The van der Waals surface area contributed by atoms with Gasteiger partial charge in [-0.25, -0.2) is 0 Å². The van der Waals surface area contributed by atoms with Crippen LogP contribution in [0.25, 0.3) is 22.3 Å². The van der Waals surface area contributed by atoms with Gasteiger partial charge in [0.15, 0.2) is 28.8 Å². The molecule has 37 heavy (non-hydrogen) atoms. The zero-order valence-corrected chi connectivity index (χ0v) is 19.4. The summed E-state index contributed by atoms with van der Waals surface area (Å²) in [7, 11) is 2.27. The molecular weight excluding hydrogens is 500 g/mol. The number of aliphatic hydroxyl groups is 4. The highest BCUT2D eigenvalue weighted by Gasteiger charge is 2.45. The van der Waals surface area contributed by atoms with Gasteiger partial charge in [-0.1, -0.05) is 0 Å². The van der Waals surface area contributed by atoms with Crippen molar-refractivity contribution in [3.63, 3.8) is 0 Å². The van der Waals surface area contributed by atoms with Crippen LogP contribution >= 0.6 is 0 Å². The number of aromatic hydroxyl groups is 4. The quantitative estimate of drug-likeness (QED) is 0.190. The lowest BCUT2D eigenvalue weighted by Crippen LogP contribution is -2.60. The Morgan fingerprint density at radius 2 is 1.57 bits per heavy atom. The number of methoxy groups -OCH3 is 2. The Labute approximate surface area is 207 Å². The lowest BCUT2D eigenvalue weighted by molar-refractivity contribution is -0.277. The molecular formula is C23H24O14. The third-order valence-corrected chi connectivity index (χ3v) is 5.91. The van der Waals surface area contributed by atoms with Gasteiger partial charge in [-0.2, -0.15) is 0 Å². The molecule has 0 saturated carbocycles. The van der Waals surface area contributed by atoms with Crippen LogP contribution in [-0.2, 0) is 4.74 Å². The summed E-state index contributed by atoms with van der Waals surface area (Å²) in [6, 6.07) is 3.26. The van der Waals surface area contributed by atoms with E-state index in [0.717, 1.165) is 32.4 Å². The normalized spacial score (nSPS) is 23.7. The smallest absolute Gasteiger partial charge is 0.239 e. The van der Waals surface area contributed by atoms with Crippen LogP contribution in [0, 0.1) is 0 Å². The zero-order valence-electron chi connectivity index (χ0n) is 19.4. The summed E-state index contributed by atoms with van der Waals surface area (Å²) in [5.74, 6) is -4.67. The van der Waals surface area contributed by atoms with Crippen LogP contribution in [0.3, 0.4) is 0 Å². The first-order valence-electron chi connectivity index (χ1n) is 10.7. The molecule has 1 aromatic heterocycles. The molecule has 8 N–H and O–H groups in total. The molecule has 0 spiro atoms. The van der Waals surface area contributed by atoms with Gasteiger partial charge in [0, 0.05) is 6.07 Å². The van der Waals surface area contributed by atoms with E-state index in [1.807, 2.05) is 0 Å². The van der Waals surface area contributed by atoms with E-state index < -0.39 is 82.6 Å². The Kier molecular flexibility index (Phi) is 6.94. The highest BCUT2D eigenvalue weighted by molar-refractivity contribution is 5.92. The van der Waals surface area contributed by atoms with Crippen molar-refractivity contribution in [3.05, 3.63) is 28.4 Å². The Bertz CT molecular complexity index is 1380. The van der Waals surface area contributed by atoms with Gasteiger partial charge >= 0.3 is 0 Å². The summed E-state index contributed by atoms with van der Waals surface area (Å²) < 4.78 is 26.9. The maximum Gasteiger partial charge on any atom is 0.239 e. The van der Waals surface area contributed by atoms with Crippen LogP contribution in [0.4, 0.5) is 0 Å². The highest BCUT2D eigenvalue weighted by Crippen LogP contribution is 2.48. The van der Waals surface area contributed by atoms with Crippen LogP contribution in [0.15, 0.2) is 27.4 Å². The van der Waals surface area contributed by atoms with E-state index in [2.05, 4.69) is 0 Å². The first-order chi connectivity index (χ1) is 17.5. The lowest BCUT2D eigenvalue weighted by atomic mass is 9.99. The van der Waals surface area contributed by atoms with Gasteiger partial charge in [0.05, 0.1) is 26.4 Å². The molecule has 0 amide bonds. The molecule has 1 fully saturated rings. The summed E-state index contributed by atoms with van der Waals surface area (Å²) in [4.78, 5) is 13.2. The Balaban J connectivity index is 1.90. The van der Waals surface area contributed by atoms with Crippen molar-refractivity contribution in [1.82, 2.24) is 0 Å². The molecule has 5 atom stereocenters. The molecule has 4 rings (SSSR count). The molecule has 2 heterocycles. The van der Waals surface area contributed by atoms with Gasteiger partial charge in [0.2, 0.25) is 29.0 Å². The third kappa shape index (κ3) is 4.20. The van der Waals surface area contributed by atoms with E-state index in [-0.39, 0.29) is 22.7 Å². The second-order valence-electron chi connectivity index (χ2n) is 8.07. The Hall–Kier alpha value is -3.95. The number of aliphatic hydroxyl groups excluding tert-OH is 4. The van der Waals surface area contributed by atoms with Crippen molar-refractivity contribution < 1.29 is 64.2 Å². The number of phenolic OH excluding ortho intramolecular Hbond substituents is 4. The van der Waals surface area contributed by atoms with E-state index >= 15 is 0 Å². The van der Waals surface area contributed by atoms with E-state index in [4.69, 9.17) is 23.4 Å². The fraction of sp³-hybridized carbons (Fsp3) is 0.348. The van der Waals surface area contributed by atoms with Crippen molar-refractivity contribution in [2.24, 2.45) is 0 Å². The number of benzene rings is 2. The zero-order chi connectivity index (χ0) is 27.2. The van der Waals surface area contributed by atoms with E-state index in [1.54, 1.807) is 0 Å². The standard InChI is InChI=1S/C23H24O14/c1-33-21-10(36-23-19(32)18(31)15(28)11(6-24)37-23)5-9-12(16(21)29)17(30)22(34-2)20(35-9)7-3-4-8(25)14(27)13(7)26/h3-5,11,15,18-19,23-29,31-32H,6H2,1-2H3/t11-,15-,18+,19-,23-/m1/s1. The molecule has 200 valence electrons. The summed E-state index contributed by atoms with van der Waals surface area (Å²) >= 11 is 0. The van der Waals surface area contributed by atoms with Gasteiger partial charge in [-0.05, 0) is 12.1 Å². The topological polar surface area (TPSA) is 229 Å². The number of hydrogen-bond acceptors (Lipinski definition) is 14. The number of phenols is 4. The monoisotopic (exact) mass is 524 g/mol. The van der Waals surface area contributed by atoms with Gasteiger partial charge < -0.3 is 64.2 Å². The molecule has 0 bridgehead atoms. The fourth-order valence-corrected chi connectivity index (χ4v) is 3.97. The summed E-state index contributed by atoms with van der Waals surface area (Å²) in [5.41, 5.74) is -1.47. The molecule has 1 aliphatic rings. The molecule has 1 aliphatic heterocycles. The number of ether oxygens (including phenoxy) is 4. The maximum absolute atomic E-state index is 13.2. The predicted octanol–water partition coefficient (Wildman–Crippen LogP) is -0.522. The van der Waals surface area contributed by atoms with Gasteiger partial charge in [0.1, 0.15) is 35.4 Å². The minimum absolute atomic E-state index is 0.238. The molecule has 14 heteroatoms. The lowest BCUT2D eigenvalue weighted by Gasteiger charge is -2.39. The SMILES string of the molecule is COc1c(O[C@@H]2O[C@H](CO)[C@@H](O)[C@H](O)[C@H]2O)cc2oc(-c3ccc(O)c(O)c3O)c(OC)c(=O)c2c1O. The van der Waals surface area contributed by atoms with Crippen LogP contribution in [0.5, 0.6) is 40.2 Å². The van der Waals surface area contributed by atoms with Crippen molar-refractivity contribution in [2.75, 3.05) is 20.8 Å². The van der Waals surface area contributed by atoms with Gasteiger partial charge in [0.25, 0.3) is 0 Å². The van der Waals surface area contributed by atoms with E-state index in [0.29, 0.717) is 0 Å². The summed E-state index contributed by atoms with van der Waals surface area (Å²) in [6.07, 6.45) is -8.15. The fourth-order valence-electron chi connectivity index (χ4n) is 3.97. The van der Waals surface area contributed by atoms with Crippen LogP contribution in [0.2, 0.25) is 0 Å². The largest absolute Gasteiger partial charge is 0.504 e. The predicted molar refractivity (Wildman–Crippen MR) is 122 cm³/mol. The molecule has 0 radical (unpaired) electrons. The van der Waals surface area contributed by atoms with E-state index in [1.165, 1.54) is 0 Å². The second kappa shape index (κ2) is 9.84. The first-order valence-corrected chi connectivity index (χ1v) is 10.7. The van der Waals surface area contributed by atoms with Gasteiger partial charge in [-0.3, -0.25) is 4.79 Å². The van der Waals surface area contributed by atoms with Crippen molar-refractivity contribution in [3.8, 4) is 51.6 Å². The van der Waals surface area contributed by atoms with Crippen LogP contribution < -0.4 is 19.6 Å². The molecule has 0 unspecified atom stereocenters. The van der Waals surface area contributed by atoms with Crippen molar-refractivity contribution in [2.45, 2.75) is 30.7 Å². The van der Waals surface area contributed by atoms with E-state index in [9.17, 15) is 45.6 Å². The number of fused-ring (bicyclic) bond motifs is 1. The van der Waals surface area contributed by atoms with Crippen LogP contribution in [0.1, 0.15) is 0 Å². The van der Waals surface area contributed by atoms with Gasteiger partial charge in [-0.15, -0.1) is 0 Å². The molecule has 2 aromatic carbocycles. The first kappa shape index (κ1) is 26.1. The van der Waals surface area contributed by atoms with Crippen LogP contribution in [-0.4, -0.2) is 92.4 Å². The minimum Gasteiger partial charge on any atom is -0.504 e. The second-order valence-corrected chi connectivity index (χ2v) is 8.07. The average molecular weight is 524 g/mol. The average Bonchev–Trinajstić information content (AvgIpc) is 2.87.